The second kappa shape index (κ2) is 5.83. The van der Waals surface area contributed by atoms with Crippen LogP contribution in [-0.2, 0) is 6.54 Å². The van der Waals surface area contributed by atoms with Gasteiger partial charge in [0.15, 0.2) is 0 Å². The molecule has 21 heavy (non-hydrogen) atoms. The van der Waals surface area contributed by atoms with E-state index in [1.807, 2.05) is 16.9 Å². The van der Waals surface area contributed by atoms with Crippen molar-refractivity contribution in [1.29, 1.82) is 0 Å². The Morgan fingerprint density at radius 2 is 1.86 bits per heavy atom. The molecule has 0 atom stereocenters. The van der Waals surface area contributed by atoms with E-state index >= 15 is 0 Å². The molecule has 0 saturated heterocycles. The van der Waals surface area contributed by atoms with Crippen LogP contribution in [0.15, 0.2) is 60.9 Å². The van der Waals surface area contributed by atoms with E-state index in [1.165, 1.54) is 22.4 Å². The lowest BCUT2D eigenvalue weighted by atomic mass is 10.1. The zero-order valence-electron chi connectivity index (χ0n) is 12.4. The monoisotopic (exact) mass is 277 g/mol. The molecule has 0 aliphatic carbocycles. The average molecular weight is 277 g/mol. The van der Waals surface area contributed by atoms with Gasteiger partial charge in [-0.2, -0.15) is 5.10 Å². The molecule has 0 bridgehead atoms. The summed E-state index contributed by atoms with van der Waals surface area (Å²) in [5.41, 5.74) is 6.10. The molecule has 1 N–H and O–H groups in total. The zero-order chi connectivity index (χ0) is 14.7. The first-order valence-corrected chi connectivity index (χ1v) is 7.12. The Morgan fingerprint density at radius 3 is 2.52 bits per heavy atom. The van der Waals surface area contributed by atoms with E-state index in [2.05, 4.69) is 66.7 Å². The number of nitrogens with one attached hydrogen (secondary N) is 1. The first-order chi connectivity index (χ1) is 10.2. The highest BCUT2D eigenvalue weighted by atomic mass is 15.3. The zero-order valence-corrected chi connectivity index (χ0v) is 12.4. The fourth-order valence-corrected chi connectivity index (χ4v) is 2.40. The molecule has 3 rings (SSSR count). The van der Waals surface area contributed by atoms with Crippen LogP contribution >= 0.6 is 0 Å². The maximum Gasteiger partial charge on any atom is 0.0645 e. The topological polar surface area (TPSA) is 29.9 Å². The van der Waals surface area contributed by atoms with Gasteiger partial charge < -0.3 is 5.32 Å². The van der Waals surface area contributed by atoms with Crippen molar-refractivity contribution in [1.82, 2.24) is 9.78 Å². The molecule has 0 aliphatic heterocycles. The summed E-state index contributed by atoms with van der Waals surface area (Å²) in [7, 11) is 0. The van der Waals surface area contributed by atoms with E-state index in [0.29, 0.717) is 0 Å². The third kappa shape index (κ3) is 3.14. The van der Waals surface area contributed by atoms with Crippen molar-refractivity contribution in [3.8, 4) is 5.69 Å². The lowest BCUT2D eigenvalue weighted by molar-refractivity contribution is 0.879. The van der Waals surface area contributed by atoms with E-state index in [4.69, 9.17) is 0 Å². The predicted molar refractivity (Wildman–Crippen MR) is 86.8 cm³/mol. The third-order valence-corrected chi connectivity index (χ3v) is 3.57. The molecule has 1 aromatic heterocycles. The fourth-order valence-electron chi connectivity index (χ4n) is 2.40. The van der Waals surface area contributed by atoms with Crippen LogP contribution in [0.3, 0.4) is 0 Å². The van der Waals surface area contributed by atoms with E-state index < -0.39 is 0 Å². The second-order valence-electron chi connectivity index (χ2n) is 5.29. The van der Waals surface area contributed by atoms with Crippen molar-refractivity contribution in [2.75, 3.05) is 5.32 Å². The minimum absolute atomic E-state index is 0.823. The molecule has 3 aromatic rings. The highest BCUT2D eigenvalue weighted by Crippen LogP contribution is 2.17. The molecule has 3 nitrogen and oxygen atoms in total. The molecule has 0 radical (unpaired) electrons. The maximum absolute atomic E-state index is 4.23. The number of rotatable bonds is 4. The van der Waals surface area contributed by atoms with Gasteiger partial charge in [-0.15, -0.1) is 0 Å². The number of anilines is 1. The Hall–Kier alpha value is -2.55. The SMILES string of the molecule is Cc1ccc(NCc2ccc(-n3cccn3)cc2)c(C)c1. The van der Waals surface area contributed by atoms with E-state index in [9.17, 15) is 0 Å². The van der Waals surface area contributed by atoms with Crippen molar-refractivity contribution in [2.45, 2.75) is 20.4 Å². The van der Waals surface area contributed by atoms with Crippen LogP contribution in [0.4, 0.5) is 5.69 Å². The van der Waals surface area contributed by atoms with Crippen LogP contribution in [0.5, 0.6) is 0 Å². The van der Waals surface area contributed by atoms with Crippen molar-refractivity contribution < 1.29 is 0 Å². The predicted octanol–water partition coefficient (Wildman–Crippen LogP) is 4.10. The number of aromatic nitrogens is 2. The molecular weight excluding hydrogens is 258 g/mol. The summed E-state index contributed by atoms with van der Waals surface area (Å²) in [5, 5.41) is 7.72. The van der Waals surface area contributed by atoms with Crippen LogP contribution in [0, 0.1) is 13.8 Å². The van der Waals surface area contributed by atoms with Crippen LogP contribution in [-0.4, -0.2) is 9.78 Å². The van der Waals surface area contributed by atoms with Crippen LogP contribution in [0.25, 0.3) is 5.69 Å². The maximum atomic E-state index is 4.23. The van der Waals surface area contributed by atoms with Gasteiger partial charge in [-0.3, -0.25) is 0 Å². The molecule has 0 saturated carbocycles. The van der Waals surface area contributed by atoms with Crippen LogP contribution < -0.4 is 5.32 Å². The lowest BCUT2D eigenvalue weighted by Gasteiger charge is -2.11. The normalized spacial score (nSPS) is 10.6. The molecule has 2 aromatic carbocycles. The summed E-state index contributed by atoms with van der Waals surface area (Å²) in [6.45, 7) is 5.07. The van der Waals surface area contributed by atoms with Crippen LogP contribution in [0.1, 0.15) is 16.7 Å². The van der Waals surface area contributed by atoms with Crippen molar-refractivity contribution >= 4 is 5.69 Å². The Kier molecular flexibility index (Phi) is 3.73. The van der Waals surface area contributed by atoms with Crippen LogP contribution in [0.2, 0.25) is 0 Å². The van der Waals surface area contributed by atoms with Gasteiger partial charge >= 0.3 is 0 Å². The highest BCUT2D eigenvalue weighted by Gasteiger charge is 2.00. The average Bonchev–Trinajstić information content (AvgIpc) is 3.01. The van der Waals surface area contributed by atoms with Gasteiger partial charge in [-0.25, -0.2) is 4.68 Å². The number of hydrogen-bond donors (Lipinski definition) is 1. The van der Waals surface area contributed by atoms with Crippen molar-refractivity contribution in [2.24, 2.45) is 0 Å². The Balaban J connectivity index is 1.68. The Morgan fingerprint density at radius 1 is 1.05 bits per heavy atom. The molecule has 0 amide bonds. The van der Waals surface area contributed by atoms with Gasteiger partial charge in [0, 0.05) is 24.6 Å². The fraction of sp³-hybridized carbons (Fsp3) is 0.167. The number of aryl methyl sites for hydroxylation is 2. The van der Waals surface area contributed by atoms with Crippen molar-refractivity contribution in [3.63, 3.8) is 0 Å². The van der Waals surface area contributed by atoms with E-state index in [0.717, 1.165) is 12.2 Å². The van der Waals surface area contributed by atoms with Gasteiger partial charge in [0.25, 0.3) is 0 Å². The summed E-state index contributed by atoms with van der Waals surface area (Å²) in [6.07, 6.45) is 3.73. The summed E-state index contributed by atoms with van der Waals surface area (Å²) in [6, 6.07) is 16.8. The van der Waals surface area contributed by atoms with Gasteiger partial charge in [0.1, 0.15) is 0 Å². The Labute approximate surface area is 125 Å². The summed E-state index contributed by atoms with van der Waals surface area (Å²) < 4.78 is 1.86. The molecule has 0 fully saturated rings. The first kappa shape index (κ1) is 13.4. The van der Waals surface area contributed by atoms with Gasteiger partial charge in [0.05, 0.1) is 5.69 Å². The van der Waals surface area contributed by atoms with Gasteiger partial charge in [-0.1, -0.05) is 29.8 Å². The van der Waals surface area contributed by atoms with E-state index in [-0.39, 0.29) is 0 Å². The number of nitrogens with zero attached hydrogens (tertiary/aromatic N) is 2. The summed E-state index contributed by atoms with van der Waals surface area (Å²) in [4.78, 5) is 0. The minimum atomic E-state index is 0.823. The van der Waals surface area contributed by atoms with Gasteiger partial charge in [0.2, 0.25) is 0 Å². The molecule has 3 heteroatoms. The minimum Gasteiger partial charge on any atom is -0.381 e. The Bertz CT molecular complexity index is 713. The third-order valence-electron chi connectivity index (χ3n) is 3.57. The van der Waals surface area contributed by atoms with Gasteiger partial charge in [-0.05, 0) is 49.2 Å². The quantitative estimate of drug-likeness (QED) is 0.778. The first-order valence-electron chi connectivity index (χ1n) is 7.12. The standard InChI is InChI=1S/C18H19N3/c1-14-4-9-18(15(2)12-14)19-13-16-5-7-17(8-6-16)21-11-3-10-20-21/h3-12,19H,13H2,1-2H3. The number of hydrogen-bond acceptors (Lipinski definition) is 2. The highest BCUT2D eigenvalue weighted by molar-refractivity contribution is 5.52. The number of benzene rings is 2. The molecule has 0 aliphatic rings. The summed E-state index contributed by atoms with van der Waals surface area (Å²) in [5.74, 6) is 0. The van der Waals surface area contributed by atoms with E-state index in [1.54, 1.807) is 6.20 Å². The summed E-state index contributed by atoms with van der Waals surface area (Å²) >= 11 is 0. The molecule has 0 unspecified atom stereocenters. The molecular formula is C18H19N3. The lowest BCUT2D eigenvalue weighted by Crippen LogP contribution is -2.02. The molecule has 0 spiro atoms. The largest absolute Gasteiger partial charge is 0.381 e. The molecule has 1 heterocycles. The second-order valence-corrected chi connectivity index (χ2v) is 5.29. The molecule has 106 valence electrons. The van der Waals surface area contributed by atoms with Crippen molar-refractivity contribution in [3.05, 3.63) is 77.6 Å². The smallest absolute Gasteiger partial charge is 0.0645 e.